The lowest BCUT2D eigenvalue weighted by Crippen LogP contribution is -2.39. The van der Waals surface area contributed by atoms with Gasteiger partial charge in [0, 0.05) is 11.8 Å². The first-order valence-electron chi connectivity index (χ1n) is 7.55. The topological polar surface area (TPSA) is 75.6 Å². The van der Waals surface area contributed by atoms with Gasteiger partial charge >= 0.3 is 12.1 Å². The lowest BCUT2D eigenvalue weighted by molar-refractivity contribution is -0.136. The number of carboxylic acids is 1. The molecule has 0 spiro atoms. The number of alkyl carbamates (subject to hydrolysis) is 1. The number of ether oxygens (including phenoxy) is 1. The van der Waals surface area contributed by atoms with Gasteiger partial charge in [0.25, 0.3) is 0 Å². The minimum Gasteiger partial charge on any atom is -0.480 e. The van der Waals surface area contributed by atoms with Gasteiger partial charge in [-0.15, -0.1) is 11.8 Å². The van der Waals surface area contributed by atoms with Crippen LogP contribution in [-0.2, 0) is 16.0 Å². The van der Waals surface area contributed by atoms with Crippen LogP contribution in [0.5, 0.6) is 0 Å². The van der Waals surface area contributed by atoms with Gasteiger partial charge < -0.3 is 15.2 Å². The van der Waals surface area contributed by atoms with Gasteiger partial charge in [-0.25, -0.2) is 4.79 Å². The Morgan fingerprint density at radius 2 is 1.87 bits per heavy atom. The van der Waals surface area contributed by atoms with Crippen LogP contribution in [-0.4, -0.2) is 39.8 Å². The van der Waals surface area contributed by atoms with E-state index in [1.807, 2.05) is 37.3 Å². The molecule has 0 aliphatic carbocycles. The molecule has 0 radical (unpaired) electrons. The van der Waals surface area contributed by atoms with Gasteiger partial charge in [-0.2, -0.15) is 0 Å². The molecule has 1 amide bonds. The van der Waals surface area contributed by atoms with Gasteiger partial charge in [0.15, 0.2) is 0 Å². The van der Waals surface area contributed by atoms with E-state index in [1.54, 1.807) is 20.8 Å². The Kier molecular flexibility index (Phi) is 7.42. The Morgan fingerprint density at radius 3 is 2.39 bits per heavy atom. The molecule has 0 aromatic heterocycles. The molecule has 0 saturated heterocycles. The molecule has 23 heavy (non-hydrogen) atoms. The molecule has 0 bridgehead atoms. The summed E-state index contributed by atoms with van der Waals surface area (Å²) in [5.74, 6) is -0.341. The minimum absolute atomic E-state index is 0.174. The molecule has 2 unspecified atom stereocenters. The lowest BCUT2D eigenvalue weighted by atomic mass is 10.1. The predicted molar refractivity (Wildman–Crippen MR) is 92.9 cm³/mol. The first-order valence-corrected chi connectivity index (χ1v) is 8.60. The fourth-order valence-electron chi connectivity index (χ4n) is 1.86. The van der Waals surface area contributed by atoms with E-state index < -0.39 is 22.9 Å². The average molecular weight is 339 g/mol. The maximum Gasteiger partial charge on any atom is 0.407 e. The van der Waals surface area contributed by atoms with E-state index in [-0.39, 0.29) is 6.04 Å². The standard InChI is InChI=1S/C17H25NO4S/c1-12(18-16(21)22-17(2,3)4)11-23-14(15(19)20)10-13-8-6-5-7-9-13/h5-9,12,14H,10-11H2,1-4H3,(H,18,21)(H,19,20). The van der Waals surface area contributed by atoms with Crippen LogP contribution in [0.25, 0.3) is 0 Å². The zero-order valence-corrected chi connectivity index (χ0v) is 14.9. The third-order valence-corrected chi connectivity index (χ3v) is 4.31. The summed E-state index contributed by atoms with van der Waals surface area (Å²) in [7, 11) is 0. The summed E-state index contributed by atoms with van der Waals surface area (Å²) in [6.07, 6.45) is -0.0273. The van der Waals surface area contributed by atoms with Crippen molar-refractivity contribution in [3.8, 4) is 0 Å². The molecule has 1 aromatic carbocycles. The van der Waals surface area contributed by atoms with Crippen molar-refractivity contribution in [3.63, 3.8) is 0 Å². The second-order valence-corrected chi connectivity index (χ2v) is 7.63. The summed E-state index contributed by atoms with van der Waals surface area (Å²) in [4.78, 5) is 23.1. The van der Waals surface area contributed by atoms with Gasteiger partial charge in [0.05, 0.1) is 0 Å². The third-order valence-electron chi connectivity index (χ3n) is 2.85. The molecule has 2 atom stereocenters. The third kappa shape index (κ3) is 8.50. The van der Waals surface area contributed by atoms with Gasteiger partial charge in [-0.3, -0.25) is 4.79 Å². The van der Waals surface area contributed by atoms with Crippen molar-refractivity contribution in [1.29, 1.82) is 0 Å². The molecule has 0 saturated carbocycles. The first-order chi connectivity index (χ1) is 10.7. The van der Waals surface area contributed by atoms with E-state index in [0.29, 0.717) is 12.2 Å². The van der Waals surface area contributed by atoms with Crippen LogP contribution >= 0.6 is 11.8 Å². The van der Waals surface area contributed by atoms with Crippen LogP contribution < -0.4 is 5.32 Å². The summed E-state index contributed by atoms with van der Waals surface area (Å²) in [6.45, 7) is 7.23. The van der Waals surface area contributed by atoms with Crippen molar-refractivity contribution in [2.45, 2.75) is 51.0 Å². The van der Waals surface area contributed by atoms with Crippen LogP contribution in [0.4, 0.5) is 4.79 Å². The number of hydrogen-bond acceptors (Lipinski definition) is 4. The number of amides is 1. The molecule has 0 aliphatic heterocycles. The van der Waals surface area contributed by atoms with Gasteiger partial charge in [0.1, 0.15) is 10.9 Å². The summed E-state index contributed by atoms with van der Waals surface area (Å²) in [5, 5.41) is 11.5. The SMILES string of the molecule is CC(CSC(Cc1ccccc1)C(=O)O)NC(=O)OC(C)(C)C. The number of hydrogen-bond donors (Lipinski definition) is 2. The molecular weight excluding hydrogens is 314 g/mol. The van der Waals surface area contributed by atoms with E-state index in [1.165, 1.54) is 11.8 Å². The number of thioether (sulfide) groups is 1. The predicted octanol–water partition coefficient (Wildman–Crippen LogP) is 3.33. The highest BCUT2D eigenvalue weighted by Gasteiger charge is 2.21. The molecular formula is C17H25NO4S. The number of aliphatic carboxylic acids is 1. The Hall–Kier alpha value is -1.69. The van der Waals surface area contributed by atoms with Gasteiger partial charge in [0.2, 0.25) is 0 Å². The summed E-state index contributed by atoms with van der Waals surface area (Å²) < 4.78 is 5.18. The van der Waals surface area contributed by atoms with Gasteiger partial charge in [-0.05, 0) is 39.7 Å². The minimum atomic E-state index is -0.844. The fourth-order valence-corrected chi connectivity index (χ4v) is 2.91. The van der Waals surface area contributed by atoms with Crippen molar-refractivity contribution >= 4 is 23.8 Å². The molecule has 0 aliphatic rings. The largest absolute Gasteiger partial charge is 0.480 e. The highest BCUT2D eigenvalue weighted by molar-refractivity contribution is 8.00. The van der Waals surface area contributed by atoms with Crippen molar-refractivity contribution in [2.24, 2.45) is 0 Å². The quantitative estimate of drug-likeness (QED) is 0.797. The number of carbonyl (C=O) groups excluding carboxylic acids is 1. The second-order valence-electron chi connectivity index (χ2n) is 6.40. The number of carbonyl (C=O) groups is 2. The molecule has 1 aromatic rings. The molecule has 0 fully saturated rings. The Morgan fingerprint density at radius 1 is 1.26 bits per heavy atom. The molecule has 6 heteroatoms. The van der Waals surface area contributed by atoms with Crippen molar-refractivity contribution < 1.29 is 19.4 Å². The van der Waals surface area contributed by atoms with E-state index in [2.05, 4.69) is 5.32 Å². The highest BCUT2D eigenvalue weighted by Crippen LogP contribution is 2.18. The number of benzene rings is 1. The monoisotopic (exact) mass is 339 g/mol. The smallest absolute Gasteiger partial charge is 0.407 e. The van der Waals surface area contributed by atoms with Crippen molar-refractivity contribution in [2.75, 3.05) is 5.75 Å². The van der Waals surface area contributed by atoms with Crippen LogP contribution in [0.2, 0.25) is 0 Å². The summed E-state index contributed by atoms with van der Waals surface area (Å²) >= 11 is 1.32. The maximum atomic E-state index is 11.7. The lowest BCUT2D eigenvalue weighted by Gasteiger charge is -2.22. The highest BCUT2D eigenvalue weighted by atomic mass is 32.2. The molecule has 1 rings (SSSR count). The Balaban J connectivity index is 2.46. The van der Waals surface area contributed by atoms with Crippen LogP contribution in [0.3, 0.4) is 0 Å². The number of nitrogens with one attached hydrogen (secondary N) is 1. The Labute approximate surface area is 141 Å². The molecule has 128 valence electrons. The van der Waals surface area contributed by atoms with E-state index in [9.17, 15) is 14.7 Å². The van der Waals surface area contributed by atoms with Crippen LogP contribution in [0, 0.1) is 0 Å². The molecule has 0 heterocycles. The zero-order valence-electron chi connectivity index (χ0n) is 14.0. The fraction of sp³-hybridized carbons (Fsp3) is 0.529. The molecule has 2 N–H and O–H groups in total. The Bertz CT molecular complexity index is 513. The van der Waals surface area contributed by atoms with E-state index in [0.717, 1.165) is 5.56 Å². The summed E-state index contributed by atoms with van der Waals surface area (Å²) in [6, 6.07) is 9.35. The van der Waals surface area contributed by atoms with Crippen molar-refractivity contribution in [3.05, 3.63) is 35.9 Å². The number of carboxylic acid groups (broad SMARTS) is 1. The normalized spacial score (nSPS) is 13.9. The number of rotatable bonds is 7. The van der Waals surface area contributed by atoms with E-state index in [4.69, 9.17) is 4.74 Å². The van der Waals surface area contributed by atoms with Crippen LogP contribution in [0.1, 0.15) is 33.3 Å². The van der Waals surface area contributed by atoms with Gasteiger partial charge in [-0.1, -0.05) is 30.3 Å². The van der Waals surface area contributed by atoms with Crippen molar-refractivity contribution in [1.82, 2.24) is 5.32 Å². The maximum absolute atomic E-state index is 11.7. The second kappa shape index (κ2) is 8.82. The first kappa shape index (κ1) is 19.4. The average Bonchev–Trinajstić information content (AvgIpc) is 2.42. The zero-order chi connectivity index (χ0) is 17.5. The molecule has 5 nitrogen and oxygen atoms in total. The summed E-state index contributed by atoms with van der Waals surface area (Å²) in [5.41, 5.74) is 0.438. The van der Waals surface area contributed by atoms with E-state index >= 15 is 0 Å². The van der Waals surface area contributed by atoms with Crippen LogP contribution in [0.15, 0.2) is 30.3 Å².